The molecule has 1 aliphatic carbocycles. The van der Waals surface area contributed by atoms with Crippen molar-refractivity contribution in [1.82, 2.24) is 0 Å². The van der Waals surface area contributed by atoms with Crippen LogP contribution in [0, 0.1) is 28.6 Å². The molecule has 3 heteroatoms. The second-order valence-electron chi connectivity index (χ2n) is 2.75. The first-order valence-electron chi connectivity index (χ1n) is 3.55. The number of halogens is 1. The molecule has 2 nitrogen and oxygen atoms in total. The van der Waals surface area contributed by atoms with Gasteiger partial charge in [-0.15, -0.1) is 0 Å². The molecule has 1 unspecified atom stereocenters. The van der Waals surface area contributed by atoms with E-state index in [-0.39, 0.29) is 5.57 Å². The van der Waals surface area contributed by atoms with Gasteiger partial charge in [-0.2, -0.15) is 10.5 Å². The van der Waals surface area contributed by atoms with Gasteiger partial charge in [0, 0.05) is 0 Å². The zero-order valence-electron chi connectivity index (χ0n) is 6.63. The number of nitriles is 2. The van der Waals surface area contributed by atoms with Crippen LogP contribution in [0.1, 0.15) is 13.3 Å². The molecule has 0 saturated heterocycles. The predicted octanol–water partition coefficient (Wildman–Crippen LogP) is 2.22. The van der Waals surface area contributed by atoms with E-state index in [0.29, 0.717) is 6.42 Å². The van der Waals surface area contributed by atoms with Gasteiger partial charge in [-0.3, -0.25) is 0 Å². The molecule has 0 fully saturated rings. The number of hydrogen-bond acceptors (Lipinski definition) is 2. The van der Waals surface area contributed by atoms with Crippen LogP contribution in [0.4, 0.5) is 4.39 Å². The van der Waals surface area contributed by atoms with Crippen LogP contribution in [0.5, 0.6) is 0 Å². The lowest BCUT2D eigenvalue weighted by Crippen LogP contribution is -2.05. The number of allylic oxidation sites excluding steroid dienone is 4. The summed E-state index contributed by atoms with van der Waals surface area (Å²) in [4.78, 5) is 0. The van der Waals surface area contributed by atoms with Crippen LogP contribution in [-0.2, 0) is 0 Å². The maximum absolute atomic E-state index is 13.1. The molecular formula is C9H7FN2. The minimum Gasteiger partial charge on any atom is -0.209 e. The maximum Gasteiger partial charge on any atom is 0.135 e. The van der Waals surface area contributed by atoms with E-state index in [1.54, 1.807) is 13.0 Å². The van der Waals surface area contributed by atoms with Crippen LogP contribution in [0.15, 0.2) is 23.0 Å². The Bertz CT molecular complexity index is 339. The molecule has 0 aliphatic heterocycles. The van der Waals surface area contributed by atoms with Crippen molar-refractivity contribution in [2.75, 3.05) is 0 Å². The highest BCUT2D eigenvalue weighted by Crippen LogP contribution is 2.29. The van der Waals surface area contributed by atoms with Crippen LogP contribution in [0.2, 0.25) is 0 Å². The molecule has 0 bridgehead atoms. The summed E-state index contributed by atoms with van der Waals surface area (Å²) in [5.41, 5.74) is 0.866. The molecule has 0 spiro atoms. The maximum atomic E-state index is 13.1. The third-order valence-electron chi connectivity index (χ3n) is 1.76. The molecule has 0 radical (unpaired) electrons. The number of hydrogen-bond donors (Lipinski definition) is 0. The van der Waals surface area contributed by atoms with E-state index < -0.39 is 11.7 Å². The predicted molar refractivity (Wildman–Crippen MR) is 41.2 cm³/mol. The Morgan fingerprint density at radius 2 is 2.25 bits per heavy atom. The molecule has 0 saturated carbocycles. The highest BCUT2D eigenvalue weighted by Gasteiger charge is 2.22. The Balaban J connectivity index is 3.11. The molecule has 0 heterocycles. The van der Waals surface area contributed by atoms with Gasteiger partial charge in [-0.05, 0) is 19.4 Å². The van der Waals surface area contributed by atoms with Crippen LogP contribution in [-0.4, -0.2) is 0 Å². The van der Waals surface area contributed by atoms with Gasteiger partial charge in [0.2, 0.25) is 0 Å². The van der Waals surface area contributed by atoms with Gasteiger partial charge in [0.25, 0.3) is 0 Å². The first-order chi connectivity index (χ1) is 5.69. The summed E-state index contributed by atoms with van der Waals surface area (Å²) >= 11 is 0. The van der Waals surface area contributed by atoms with E-state index in [0.717, 1.165) is 5.57 Å². The minimum atomic E-state index is -0.760. The molecule has 1 aliphatic rings. The largest absolute Gasteiger partial charge is 0.209 e. The molecule has 0 N–H and O–H groups in total. The molecule has 0 aromatic carbocycles. The van der Waals surface area contributed by atoms with E-state index in [9.17, 15) is 4.39 Å². The molecule has 1 rings (SSSR count). The first kappa shape index (κ1) is 8.49. The quantitative estimate of drug-likeness (QED) is 0.548. The Hall–Kier alpha value is -1.61. The summed E-state index contributed by atoms with van der Waals surface area (Å²) < 4.78 is 13.1. The van der Waals surface area contributed by atoms with Crippen molar-refractivity contribution in [3.63, 3.8) is 0 Å². The number of nitrogens with zero attached hydrogens (tertiary/aromatic N) is 2. The third-order valence-corrected chi connectivity index (χ3v) is 1.76. The van der Waals surface area contributed by atoms with Gasteiger partial charge < -0.3 is 0 Å². The van der Waals surface area contributed by atoms with Crippen LogP contribution >= 0.6 is 0 Å². The van der Waals surface area contributed by atoms with Crippen LogP contribution in [0.25, 0.3) is 0 Å². The third kappa shape index (κ3) is 1.35. The highest BCUT2D eigenvalue weighted by atomic mass is 19.1. The van der Waals surface area contributed by atoms with Crippen molar-refractivity contribution in [2.24, 2.45) is 5.92 Å². The van der Waals surface area contributed by atoms with Crippen LogP contribution < -0.4 is 0 Å². The first-order valence-corrected chi connectivity index (χ1v) is 3.55. The summed E-state index contributed by atoms with van der Waals surface area (Å²) in [6, 6.07) is 3.55. The van der Waals surface area contributed by atoms with Crippen molar-refractivity contribution >= 4 is 0 Å². The lowest BCUT2D eigenvalue weighted by Gasteiger charge is -2.12. The van der Waals surface area contributed by atoms with Crippen molar-refractivity contribution in [3.05, 3.63) is 23.0 Å². The minimum absolute atomic E-state index is 0.00898. The highest BCUT2D eigenvalue weighted by molar-refractivity contribution is 5.43. The zero-order chi connectivity index (χ0) is 9.14. The molecule has 0 amide bonds. The van der Waals surface area contributed by atoms with Gasteiger partial charge in [0.15, 0.2) is 0 Å². The Kier molecular flexibility index (Phi) is 2.26. The van der Waals surface area contributed by atoms with Gasteiger partial charge in [0.05, 0.1) is 11.6 Å². The standard InChI is InChI=1S/C9H7FN2/c1-6-2-7(4-11)9(10)8(3-6)5-12/h2,8H,3H2,1H3. The second kappa shape index (κ2) is 3.19. The fourth-order valence-electron chi connectivity index (χ4n) is 1.16. The molecule has 0 aromatic heterocycles. The van der Waals surface area contributed by atoms with E-state index in [4.69, 9.17) is 10.5 Å². The summed E-state index contributed by atoms with van der Waals surface area (Å²) in [6.45, 7) is 1.79. The van der Waals surface area contributed by atoms with E-state index in [1.807, 2.05) is 6.07 Å². The second-order valence-corrected chi connectivity index (χ2v) is 2.75. The SMILES string of the molecule is CC1=CC(C#N)=C(F)C(C#N)C1. The Labute approximate surface area is 70.2 Å². The summed E-state index contributed by atoms with van der Waals surface area (Å²) in [6.07, 6.45) is 1.89. The molecule has 0 aromatic rings. The average Bonchev–Trinajstić information content (AvgIpc) is 2.08. The van der Waals surface area contributed by atoms with Gasteiger partial charge in [0.1, 0.15) is 17.8 Å². The van der Waals surface area contributed by atoms with Gasteiger partial charge >= 0.3 is 0 Å². The monoisotopic (exact) mass is 162 g/mol. The molecule has 60 valence electrons. The van der Waals surface area contributed by atoms with E-state index in [1.165, 1.54) is 6.08 Å². The van der Waals surface area contributed by atoms with Crippen molar-refractivity contribution in [1.29, 1.82) is 10.5 Å². The summed E-state index contributed by atoms with van der Waals surface area (Å²) in [5, 5.41) is 17.0. The topological polar surface area (TPSA) is 47.6 Å². The fraction of sp³-hybridized carbons (Fsp3) is 0.333. The normalized spacial score (nSPS) is 22.7. The fourth-order valence-corrected chi connectivity index (χ4v) is 1.16. The Morgan fingerprint density at radius 3 is 2.75 bits per heavy atom. The van der Waals surface area contributed by atoms with E-state index >= 15 is 0 Å². The van der Waals surface area contributed by atoms with Crippen molar-refractivity contribution in [3.8, 4) is 12.1 Å². The smallest absolute Gasteiger partial charge is 0.135 e. The lowest BCUT2D eigenvalue weighted by atomic mass is 9.91. The average molecular weight is 162 g/mol. The molecular weight excluding hydrogens is 155 g/mol. The van der Waals surface area contributed by atoms with Crippen molar-refractivity contribution in [2.45, 2.75) is 13.3 Å². The molecule has 1 atom stereocenters. The van der Waals surface area contributed by atoms with Crippen molar-refractivity contribution < 1.29 is 4.39 Å². The summed E-state index contributed by atoms with van der Waals surface area (Å²) in [7, 11) is 0. The van der Waals surface area contributed by atoms with Crippen LogP contribution in [0.3, 0.4) is 0 Å². The Morgan fingerprint density at radius 1 is 1.58 bits per heavy atom. The number of rotatable bonds is 0. The lowest BCUT2D eigenvalue weighted by molar-refractivity contribution is 0.516. The summed E-state index contributed by atoms with van der Waals surface area (Å²) in [5.74, 6) is -1.35. The zero-order valence-corrected chi connectivity index (χ0v) is 6.63. The van der Waals surface area contributed by atoms with Gasteiger partial charge in [-0.1, -0.05) is 5.57 Å². The molecule has 12 heavy (non-hydrogen) atoms. The van der Waals surface area contributed by atoms with E-state index in [2.05, 4.69) is 0 Å². The van der Waals surface area contributed by atoms with Gasteiger partial charge in [-0.25, -0.2) is 4.39 Å².